The van der Waals surface area contributed by atoms with Crippen LogP contribution in [-0.2, 0) is 33.1 Å². The molecule has 0 fully saturated rings. The van der Waals surface area contributed by atoms with E-state index in [4.69, 9.17) is 23.7 Å². The highest BCUT2D eigenvalue weighted by atomic mass is 19.4. The highest BCUT2D eigenvalue weighted by Gasteiger charge is 2.41. The molecule has 0 bridgehead atoms. The Balaban J connectivity index is 2.20. The highest BCUT2D eigenvalue weighted by molar-refractivity contribution is 5.91. The summed E-state index contributed by atoms with van der Waals surface area (Å²) in [5.74, 6) is 0.416. The topological polar surface area (TPSA) is 86.8 Å². The number of hydrogen-bond donors (Lipinski definition) is 0. The van der Waals surface area contributed by atoms with Crippen molar-refractivity contribution >= 4 is 17.9 Å². The Morgan fingerprint density at radius 3 is 2.07 bits per heavy atom. The second-order valence-corrected chi connectivity index (χ2v) is 9.58. The van der Waals surface area contributed by atoms with Crippen LogP contribution in [0.4, 0.5) is 41.6 Å². The molecule has 0 saturated heterocycles. The Kier molecular flexibility index (Phi) is 10.6. The smallest absolute Gasteiger partial charge is 0.416 e. The van der Waals surface area contributed by atoms with Crippen LogP contribution in [0.25, 0.3) is 0 Å². The van der Waals surface area contributed by atoms with Gasteiger partial charge in [-0.15, -0.1) is 0 Å². The summed E-state index contributed by atoms with van der Waals surface area (Å²) in [6.07, 6.45) is -11.9. The zero-order valence-electron chi connectivity index (χ0n) is 24.1. The standard InChI is InChI=1S/C28H32F6N2O7/c1-6-42-26(38)36-16(2)9-21(20-13-23(40-4)24(14-22(20)36)43-8-7-39-3)35(25(37)41-5)15-17-10-18(27(29,30)31)12-19(11-17)28(32,33)34/h10-14,16,21H,6-9,15H2,1-5H3/t16-,21+/m0/s1. The van der Waals surface area contributed by atoms with Crippen molar-refractivity contribution in [2.45, 2.75) is 51.2 Å². The maximum Gasteiger partial charge on any atom is 0.416 e. The fraction of sp³-hybridized carbons (Fsp3) is 0.500. The Morgan fingerprint density at radius 1 is 0.930 bits per heavy atom. The number of hydrogen-bond acceptors (Lipinski definition) is 7. The van der Waals surface area contributed by atoms with Crippen LogP contribution in [0.3, 0.4) is 0 Å². The lowest BCUT2D eigenvalue weighted by Crippen LogP contribution is -2.47. The normalized spacial score (nSPS) is 16.8. The maximum atomic E-state index is 13.6. The largest absolute Gasteiger partial charge is 0.493 e. The quantitative estimate of drug-likeness (QED) is 0.224. The first kappa shape index (κ1) is 33.6. The van der Waals surface area contributed by atoms with Gasteiger partial charge in [-0.05, 0) is 50.1 Å². The molecule has 0 spiro atoms. The van der Waals surface area contributed by atoms with Gasteiger partial charge in [0, 0.05) is 31.3 Å². The molecule has 1 aliphatic rings. The van der Waals surface area contributed by atoms with Crippen LogP contribution in [0.15, 0.2) is 30.3 Å². The summed E-state index contributed by atoms with van der Waals surface area (Å²) in [5, 5.41) is 0. The molecule has 0 aliphatic carbocycles. The Bertz CT molecular complexity index is 1270. The van der Waals surface area contributed by atoms with Gasteiger partial charge < -0.3 is 23.7 Å². The number of carbonyl (C=O) groups is 2. The number of halogens is 6. The van der Waals surface area contributed by atoms with E-state index in [1.165, 1.54) is 31.3 Å². The van der Waals surface area contributed by atoms with E-state index < -0.39 is 59.9 Å². The lowest BCUT2D eigenvalue weighted by atomic mass is 9.90. The lowest BCUT2D eigenvalue weighted by Gasteiger charge is -2.42. The van der Waals surface area contributed by atoms with Crippen molar-refractivity contribution in [2.75, 3.05) is 46.0 Å². The zero-order chi connectivity index (χ0) is 32.1. The summed E-state index contributed by atoms with van der Waals surface area (Å²) in [6.45, 7) is 3.00. The number of benzene rings is 2. The second-order valence-electron chi connectivity index (χ2n) is 9.58. The Labute approximate surface area is 244 Å². The first-order valence-corrected chi connectivity index (χ1v) is 13.1. The van der Waals surface area contributed by atoms with Crippen LogP contribution in [-0.4, -0.2) is 64.3 Å². The molecular weight excluding hydrogens is 590 g/mol. The van der Waals surface area contributed by atoms with Crippen molar-refractivity contribution in [2.24, 2.45) is 0 Å². The number of amides is 2. The maximum absolute atomic E-state index is 13.6. The van der Waals surface area contributed by atoms with E-state index in [1.54, 1.807) is 13.8 Å². The number of anilines is 1. The van der Waals surface area contributed by atoms with Gasteiger partial charge in [0.05, 0.1) is 50.3 Å². The molecule has 0 unspecified atom stereocenters. The van der Waals surface area contributed by atoms with E-state index in [0.717, 1.165) is 12.0 Å². The molecule has 0 saturated carbocycles. The zero-order valence-corrected chi connectivity index (χ0v) is 24.1. The molecule has 15 heteroatoms. The van der Waals surface area contributed by atoms with Crippen molar-refractivity contribution < 1.29 is 59.6 Å². The van der Waals surface area contributed by atoms with Crippen LogP contribution in [0, 0.1) is 0 Å². The number of alkyl halides is 6. The number of fused-ring (bicyclic) bond motifs is 1. The van der Waals surface area contributed by atoms with Gasteiger partial charge in [0.25, 0.3) is 0 Å². The average molecular weight is 623 g/mol. The van der Waals surface area contributed by atoms with Crippen LogP contribution in [0.1, 0.15) is 48.6 Å². The van der Waals surface area contributed by atoms with Gasteiger partial charge in [-0.25, -0.2) is 9.59 Å². The molecule has 1 heterocycles. The summed E-state index contributed by atoms with van der Waals surface area (Å²) in [6, 6.07) is 2.48. The van der Waals surface area contributed by atoms with Gasteiger partial charge in [0.15, 0.2) is 11.5 Å². The van der Waals surface area contributed by atoms with E-state index in [-0.39, 0.29) is 49.5 Å². The van der Waals surface area contributed by atoms with Crippen LogP contribution in [0.5, 0.6) is 11.5 Å². The molecule has 2 aromatic carbocycles. The summed E-state index contributed by atoms with van der Waals surface area (Å²) < 4.78 is 108. The first-order chi connectivity index (χ1) is 20.2. The monoisotopic (exact) mass is 622 g/mol. The SMILES string of the molecule is CCOC(=O)N1c2cc(OCCOC)c(OC)cc2[C@H](N(Cc2cc(C(F)(F)F)cc(C(F)(F)F)c2)C(=O)OC)C[C@@H]1C. The molecule has 43 heavy (non-hydrogen) atoms. The van der Waals surface area contributed by atoms with Gasteiger partial charge in [-0.3, -0.25) is 9.80 Å². The number of nitrogens with zero attached hydrogens (tertiary/aromatic N) is 2. The van der Waals surface area contributed by atoms with Crippen LogP contribution >= 0.6 is 0 Å². The van der Waals surface area contributed by atoms with Gasteiger partial charge in [0.1, 0.15) is 6.61 Å². The molecule has 0 N–H and O–H groups in total. The predicted octanol–water partition coefficient (Wildman–Crippen LogP) is 6.82. The molecule has 0 aromatic heterocycles. The van der Waals surface area contributed by atoms with Crippen molar-refractivity contribution in [1.82, 2.24) is 4.90 Å². The predicted molar refractivity (Wildman–Crippen MR) is 141 cm³/mol. The fourth-order valence-corrected chi connectivity index (χ4v) is 4.83. The molecule has 1 aliphatic heterocycles. The molecule has 0 radical (unpaired) electrons. The third-order valence-electron chi connectivity index (χ3n) is 6.73. The van der Waals surface area contributed by atoms with Crippen molar-refractivity contribution in [3.05, 3.63) is 52.6 Å². The van der Waals surface area contributed by atoms with E-state index in [2.05, 4.69) is 0 Å². The summed E-state index contributed by atoms with van der Waals surface area (Å²) in [4.78, 5) is 28.4. The summed E-state index contributed by atoms with van der Waals surface area (Å²) in [5.41, 5.74) is -2.93. The van der Waals surface area contributed by atoms with E-state index in [1.807, 2.05) is 0 Å². The van der Waals surface area contributed by atoms with Gasteiger partial charge >= 0.3 is 24.5 Å². The molecular formula is C28H32F6N2O7. The van der Waals surface area contributed by atoms with Crippen LogP contribution < -0.4 is 14.4 Å². The minimum absolute atomic E-state index is 0.0111. The molecule has 2 aromatic rings. The van der Waals surface area contributed by atoms with Gasteiger partial charge in [-0.1, -0.05) is 0 Å². The molecule has 9 nitrogen and oxygen atoms in total. The molecule has 238 valence electrons. The average Bonchev–Trinajstić information content (AvgIpc) is 2.94. The van der Waals surface area contributed by atoms with Gasteiger partial charge in [-0.2, -0.15) is 26.3 Å². The minimum atomic E-state index is -5.08. The third-order valence-corrected chi connectivity index (χ3v) is 6.73. The third kappa shape index (κ3) is 7.75. The van der Waals surface area contributed by atoms with E-state index in [9.17, 15) is 35.9 Å². The summed E-state index contributed by atoms with van der Waals surface area (Å²) >= 11 is 0. The molecule has 3 rings (SSSR count). The van der Waals surface area contributed by atoms with Crippen molar-refractivity contribution in [3.8, 4) is 11.5 Å². The highest BCUT2D eigenvalue weighted by Crippen LogP contribution is 2.47. The fourth-order valence-electron chi connectivity index (χ4n) is 4.83. The van der Waals surface area contributed by atoms with E-state index >= 15 is 0 Å². The Morgan fingerprint density at radius 2 is 1.56 bits per heavy atom. The molecule has 2 atom stereocenters. The number of methoxy groups -OCH3 is 3. The van der Waals surface area contributed by atoms with Crippen LogP contribution in [0.2, 0.25) is 0 Å². The first-order valence-electron chi connectivity index (χ1n) is 13.1. The number of carbonyl (C=O) groups excluding carboxylic acids is 2. The van der Waals surface area contributed by atoms with Crippen molar-refractivity contribution in [3.63, 3.8) is 0 Å². The second kappa shape index (κ2) is 13.6. The molecule has 2 amide bonds. The van der Waals surface area contributed by atoms with Crippen molar-refractivity contribution in [1.29, 1.82) is 0 Å². The lowest BCUT2D eigenvalue weighted by molar-refractivity contribution is -0.143. The van der Waals surface area contributed by atoms with E-state index in [0.29, 0.717) is 17.7 Å². The number of ether oxygens (including phenoxy) is 5. The summed E-state index contributed by atoms with van der Waals surface area (Å²) in [7, 11) is 3.87. The van der Waals surface area contributed by atoms with Gasteiger partial charge in [0.2, 0.25) is 0 Å². The minimum Gasteiger partial charge on any atom is -0.493 e. The number of rotatable bonds is 9. The Hall–Kier alpha value is -3.88.